The predicted octanol–water partition coefficient (Wildman–Crippen LogP) is 3.24. The standard InChI is InChI=1S/C16H21BrN2O3/c1-16(2)9-11-10(5-3-6-12(11)17)14(16)19-15(22)18-8-4-7-13(20)21/h3,5-6,14H,4,7-9H2,1-2H3,(H,20,21)(H2,18,19,22). The Kier molecular flexibility index (Phi) is 5.11. The molecule has 1 unspecified atom stereocenters. The quantitative estimate of drug-likeness (QED) is 0.698. The van der Waals surface area contributed by atoms with Crippen LogP contribution in [0.1, 0.15) is 43.9 Å². The number of carboxylic acids is 1. The van der Waals surface area contributed by atoms with Gasteiger partial charge in [0.2, 0.25) is 0 Å². The fourth-order valence-electron chi connectivity index (χ4n) is 2.91. The molecule has 2 rings (SSSR count). The summed E-state index contributed by atoms with van der Waals surface area (Å²) in [5.41, 5.74) is 2.31. The molecule has 3 N–H and O–H groups in total. The number of nitrogens with one attached hydrogen (secondary N) is 2. The second-order valence-electron chi connectivity index (χ2n) is 6.30. The molecule has 1 aliphatic carbocycles. The van der Waals surface area contributed by atoms with Crippen molar-refractivity contribution >= 4 is 27.9 Å². The third-order valence-corrected chi connectivity index (χ3v) is 4.75. The van der Waals surface area contributed by atoms with E-state index in [-0.39, 0.29) is 23.9 Å². The summed E-state index contributed by atoms with van der Waals surface area (Å²) in [7, 11) is 0. The molecule has 5 nitrogen and oxygen atoms in total. The average Bonchev–Trinajstić information content (AvgIpc) is 2.68. The first-order valence-electron chi connectivity index (χ1n) is 7.35. The summed E-state index contributed by atoms with van der Waals surface area (Å²) >= 11 is 3.57. The summed E-state index contributed by atoms with van der Waals surface area (Å²) in [6.07, 6.45) is 1.39. The van der Waals surface area contributed by atoms with Gasteiger partial charge in [0.05, 0.1) is 6.04 Å². The summed E-state index contributed by atoms with van der Waals surface area (Å²) in [6, 6.07) is 5.73. The van der Waals surface area contributed by atoms with Crippen molar-refractivity contribution in [2.24, 2.45) is 5.41 Å². The van der Waals surface area contributed by atoms with E-state index in [1.165, 1.54) is 5.56 Å². The van der Waals surface area contributed by atoms with Crippen LogP contribution < -0.4 is 10.6 Å². The second kappa shape index (κ2) is 6.69. The Labute approximate surface area is 138 Å². The number of halogens is 1. The summed E-state index contributed by atoms with van der Waals surface area (Å²) in [5.74, 6) is -0.849. The zero-order chi connectivity index (χ0) is 16.3. The topological polar surface area (TPSA) is 78.4 Å². The Morgan fingerprint density at radius 1 is 1.41 bits per heavy atom. The number of rotatable bonds is 5. The van der Waals surface area contributed by atoms with Gasteiger partial charge in [-0.2, -0.15) is 0 Å². The molecule has 0 saturated carbocycles. The molecule has 0 spiro atoms. The molecule has 2 amide bonds. The van der Waals surface area contributed by atoms with Crippen molar-refractivity contribution in [3.8, 4) is 0 Å². The lowest BCUT2D eigenvalue weighted by molar-refractivity contribution is -0.137. The number of benzene rings is 1. The van der Waals surface area contributed by atoms with Gasteiger partial charge in [-0.25, -0.2) is 4.79 Å². The van der Waals surface area contributed by atoms with Gasteiger partial charge in [0.15, 0.2) is 0 Å². The maximum Gasteiger partial charge on any atom is 0.315 e. The fourth-order valence-corrected chi connectivity index (χ4v) is 3.43. The third-order valence-electron chi connectivity index (χ3n) is 4.01. The highest BCUT2D eigenvalue weighted by Gasteiger charge is 2.40. The van der Waals surface area contributed by atoms with Crippen molar-refractivity contribution in [2.45, 2.75) is 39.2 Å². The summed E-state index contributed by atoms with van der Waals surface area (Å²) in [5, 5.41) is 14.3. The van der Waals surface area contributed by atoms with E-state index in [1.807, 2.05) is 18.2 Å². The van der Waals surface area contributed by atoms with Gasteiger partial charge in [-0.15, -0.1) is 0 Å². The minimum Gasteiger partial charge on any atom is -0.481 e. The van der Waals surface area contributed by atoms with E-state index >= 15 is 0 Å². The van der Waals surface area contributed by atoms with Crippen molar-refractivity contribution in [3.05, 3.63) is 33.8 Å². The lowest BCUT2D eigenvalue weighted by atomic mass is 9.85. The summed E-state index contributed by atoms with van der Waals surface area (Å²) in [4.78, 5) is 22.5. The fraction of sp³-hybridized carbons (Fsp3) is 0.500. The van der Waals surface area contributed by atoms with Gasteiger partial charge in [-0.05, 0) is 35.4 Å². The molecular weight excluding hydrogens is 348 g/mol. The molecule has 1 atom stereocenters. The number of carbonyl (C=O) groups excluding carboxylic acids is 1. The van der Waals surface area contributed by atoms with E-state index in [0.717, 1.165) is 16.5 Å². The molecule has 1 aromatic carbocycles. The number of hydrogen-bond acceptors (Lipinski definition) is 2. The zero-order valence-corrected chi connectivity index (χ0v) is 14.4. The minimum absolute atomic E-state index is 0.0560. The van der Waals surface area contributed by atoms with Gasteiger partial charge < -0.3 is 15.7 Å². The van der Waals surface area contributed by atoms with Crippen LogP contribution >= 0.6 is 15.9 Å². The van der Waals surface area contributed by atoms with E-state index in [2.05, 4.69) is 40.4 Å². The van der Waals surface area contributed by atoms with Gasteiger partial charge >= 0.3 is 12.0 Å². The van der Waals surface area contributed by atoms with Gasteiger partial charge in [0, 0.05) is 17.4 Å². The molecule has 6 heteroatoms. The van der Waals surface area contributed by atoms with Crippen molar-refractivity contribution < 1.29 is 14.7 Å². The zero-order valence-electron chi connectivity index (χ0n) is 12.8. The van der Waals surface area contributed by atoms with Gasteiger partial charge in [-0.3, -0.25) is 4.79 Å². The van der Waals surface area contributed by atoms with Gasteiger partial charge in [0.25, 0.3) is 0 Å². The Hall–Kier alpha value is -1.56. The van der Waals surface area contributed by atoms with Crippen LogP contribution in [0.5, 0.6) is 0 Å². The second-order valence-corrected chi connectivity index (χ2v) is 7.16. The molecular formula is C16H21BrN2O3. The first-order valence-corrected chi connectivity index (χ1v) is 8.14. The average molecular weight is 369 g/mol. The van der Waals surface area contributed by atoms with Crippen molar-refractivity contribution in [2.75, 3.05) is 6.54 Å². The molecule has 0 bridgehead atoms. The molecule has 1 aliphatic rings. The van der Waals surface area contributed by atoms with Crippen molar-refractivity contribution in [1.29, 1.82) is 0 Å². The smallest absolute Gasteiger partial charge is 0.315 e. The normalized spacial score (nSPS) is 18.6. The molecule has 0 radical (unpaired) electrons. The Bertz CT molecular complexity index is 587. The van der Waals surface area contributed by atoms with E-state index in [1.54, 1.807) is 0 Å². The number of amides is 2. The van der Waals surface area contributed by atoms with Crippen LogP contribution in [0.25, 0.3) is 0 Å². The highest BCUT2D eigenvalue weighted by molar-refractivity contribution is 9.10. The highest BCUT2D eigenvalue weighted by Crippen LogP contribution is 2.47. The Morgan fingerprint density at radius 2 is 2.14 bits per heavy atom. The van der Waals surface area contributed by atoms with E-state index in [4.69, 9.17) is 5.11 Å². The van der Waals surface area contributed by atoms with Crippen LogP contribution in [0.3, 0.4) is 0 Å². The van der Waals surface area contributed by atoms with E-state index in [0.29, 0.717) is 13.0 Å². The van der Waals surface area contributed by atoms with Crippen LogP contribution in [0.2, 0.25) is 0 Å². The molecule has 22 heavy (non-hydrogen) atoms. The molecule has 0 heterocycles. The van der Waals surface area contributed by atoms with Gasteiger partial charge in [-0.1, -0.05) is 41.9 Å². The van der Waals surface area contributed by atoms with Crippen LogP contribution in [0.4, 0.5) is 4.79 Å². The first-order chi connectivity index (χ1) is 10.3. The number of fused-ring (bicyclic) bond motifs is 1. The monoisotopic (exact) mass is 368 g/mol. The van der Waals surface area contributed by atoms with E-state index < -0.39 is 5.97 Å². The molecule has 1 aromatic rings. The minimum atomic E-state index is -0.849. The molecule has 120 valence electrons. The van der Waals surface area contributed by atoms with Crippen molar-refractivity contribution in [3.63, 3.8) is 0 Å². The van der Waals surface area contributed by atoms with Crippen LogP contribution in [0.15, 0.2) is 22.7 Å². The molecule has 0 fully saturated rings. The Morgan fingerprint density at radius 3 is 2.82 bits per heavy atom. The predicted molar refractivity (Wildman–Crippen MR) is 87.8 cm³/mol. The van der Waals surface area contributed by atoms with E-state index in [9.17, 15) is 9.59 Å². The first kappa shape index (κ1) is 16.8. The highest BCUT2D eigenvalue weighted by atomic mass is 79.9. The lowest BCUT2D eigenvalue weighted by Gasteiger charge is -2.28. The SMILES string of the molecule is CC1(C)Cc2c(Br)cccc2C1NC(=O)NCCCC(=O)O. The van der Waals surface area contributed by atoms with Crippen LogP contribution in [0, 0.1) is 5.41 Å². The molecule has 0 aromatic heterocycles. The third kappa shape index (κ3) is 3.80. The maximum atomic E-state index is 12.0. The number of carbonyl (C=O) groups is 2. The Balaban J connectivity index is 1.99. The number of hydrogen-bond donors (Lipinski definition) is 3. The van der Waals surface area contributed by atoms with Crippen LogP contribution in [-0.4, -0.2) is 23.7 Å². The lowest BCUT2D eigenvalue weighted by Crippen LogP contribution is -2.42. The maximum absolute atomic E-state index is 12.0. The molecule has 0 aliphatic heterocycles. The number of urea groups is 1. The largest absolute Gasteiger partial charge is 0.481 e. The number of carboxylic acid groups (broad SMARTS) is 1. The summed E-state index contributed by atoms with van der Waals surface area (Å²) < 4.78 is 1.07. The summed E-state index contributed by atoms with van der Waals surface area (Å²) in [6.45, 7) is 4.63. The van der Waals surface area contributed by atoms with Crippen LogP contribution in [-0.2, 0) is 11.2 Å². The van der Waals surface area contributed by atoms with Crippen molar-refractivity contribution in [1.82, 2.24) is 10.6 Å². The number of aliphatic carboxylic acids is 1. The molecule has 0 saturated heterocycles. The van der Waals surface area contributed by atoms with Gasteiger partial charge in [0.1, 0.15) is 0 Å².